The first-order valence-corrected chi connectivity index (χ1v) is 12.2. The van der Waals surface area contributed by atoms with Crippen molar-refractivity contribution in [1.82, 2.24) is 19.9 Å². The maximum Gasteiger partial charge on any atom is 0.319 e. The number of nitrogens with zero attached hydrogens (tertiary/aromatic N) is 4. The van der Waals surface area contributed by atoms with E-state index in [-0.39, 0.29) is 24.4 Å². The lowest BCUT2D eigenvalue weighted by molar-refractivity contribution is 0.223. The number of amides is 3. The summed E-state index contributed by atoms with van der Waals surface area (Å²) in [5.41, 5.74) is 4.06. The largest absolute Gasteiger partial charge is 0.461 e. The highest BCUT2D eigenvalue weighted by Gasteiger charge is 2.23. The predicted molar refractivity (Wildman–Crippen MR) is 138 cm³/mol. The SMILES string of the molecule is Cn1c(-c2ccco2)nc2cc(C3=NN(CCNC(=O)Nc4ccc(Cl)cc4)C(=O)SC3)ccc21. The summed E-state index contributed by atoms with van der Waals surface area (Å²) >= 11 is 7.04. The number of hydrazone groups is 1. The number of aryl methyl sites for hydroxylation is 1. The minimum atomic E-state index is -0.374. The van der Waals surface area contributed by atoms with E-state index in [1.807, 2.05) is 41.9 Å². The van der Waals surface area contributed by atoms with Crippen LogP contribution in [0, 0.1) is 0 Å². The van der Waals surface area contributed by atoms with Crippen molar-refractivity contribution in [2.75, 3.05) is 24.2 Å². The Labute approximate surface area is 210 Å². The maximum atomic E-state index is 12.4. The van der Waals surface area contributed by atoms with E-state index in [0.29, 0.717) is 22.2 Å². The van der Waals surface area contributed by atoms with Crippen molar-refractivity contribution in [1.29, 1.82) is 0 Å². The van der Waals surface area contributed by atoms with Crippen LogP contribution in [0.2, 0.25) is 5.02 Å². The molecule has 2 aromatic carbocycles. The summed E-state index contributed by atoms with van der Waals surface area (Å²) in [6, 6.07) is 16.1. The Morgan fingerprint density at radius 1 is 1.20 bits per heavy atom. The Hall–Kier alpha value is -3.76. The second kappa shape index (κ2) is 9.85. The Morgan fingerprint density at radius 2 is 2.03 bits per heavy atom. The molecule has 1 aliphatic rings. The summed E-state index contributed by atoms with van der Waals surface area (Å²) in [5.74, 6) is 1.89. The van der Waals surface area contributed by atoms with E-state index in [1.54, 1.807) is 30.5 Å². The number of anilines is 1. The zero-order chi connectivity index (χ0) is 24.4. The molecule has 2 N–H and O–H groups in total. The summed E-state index contributed by atoms with van der Waals surface area (Å²) in [6.07, 6.45) is 1.62. The molecule has 35 heavy (non-hydrogen) atoms. The molecule has 0 fully saturated rings. The van der Waals surface area contributed by atoms with E-state index >= 15 is 0 Å². The van der Waals surface area contributed by atoms with Gasteiger partial charge in [0.1, 0.15) is 0 Å². The summed E-state index contributed by atoms with van der Waals surface area (Å²) in [5, 5.41) is 11.8. The molecule has 0 unspecified atom stereocenters. The van der Waals surface area contributed by atoms with Crippen LogP contribution < -0.4 is 10.6 Å². The van der Waals surface area contributed by atoms with Gasteiger partial charge in [-0.1, -0.05) is 29.4 Å². The van der Waals surface area contributed by atoms with Crippen molar-refractivity contribution in [3.63, 3.8) is 0 Å². The molecule has 2 aromatic heterocycles. The molecule has 0 radical (unpaired) electrons. The number of urea groups is 1. The van der Waals surface area contributed by atoms with Crippen LogP contribution in [0.15, 0.2) is 70.4 Å². The molecule has 5 rings (SSSR count). The number of hydrogen-bond donors (Lipinski definition) is 2. The molecule has 178 valence electrons. The molecular formula is C24H21ClN6O3S. The van der Waals surface area contributed by atoms with Gasteiger partial charge in [0.2, 0.25) is 0 Å². The number of fused-ring (bicyclic) bond motifs is 1. The molecule has 11 heteroatoms. The highest BCUT2D eigenvalue weighted by Crippen LogP contribution is 2.26. The zero-order valence-corrected chi connectivity index (χ0v) is 20.3. The highest BCUT2D eigenvalue weighted by atomic mass is 35.5. The first-order chi connectivity index (χ1) is 17.0. The van der Waals surface area contributed by atoms with Gasteiger partial charge in [-0.05, 0) is 48.5 Å². The summed E-state index contributed by atoms with van der Waals surface area (Å²) in [4.78, 5) is 29.2. The van der Waals surface area contributed by atoms with E-state index in [0.717, 1.165) is 28.1 Å². The molecule has 1 aliphatic heterocycles. The molecule has 3 heterocycles. The summed E-state index contributed by atoms with van der Waals surface area (Å²) < 4.78 is 7.48. The Balaban J connectivity index is 1.26. The van der Waals surface area contributed by atoms with Gasteiger partial charge >= 0.3 is 11.3 Å². The van der Waals surface area contributed by atoms with Crippen molar-refractivity contribution >= 4 is 57.1 Å². The molecule has 0 spiro atoms. The third-order valence-corrected chi connectivity index (χ3v) is 6.58. The van der Waals surface area contributed by atoms with Crippen LogP contribution in [0.4, 0.5) is 15.3 Å². The molecule has 0 saturated heterocycles. The number of aromatic nitrogens is 2. The zero-order valence-electron chi connectivity index (χ0n) is 18.7. The van der Waals surface area contributed by atoms with Gasteiger partial charge in [0.25, 0.3) is 0 Å². The van der Waals surface area contributed by atoms with Gasteiger partial charge in [0.15, 0.2) is 11.6 Å². The van der Waals surface area contributed by atoms with Crippen LogP contribution in [-0.4, -0.2) is 50.4 Å². The fraction of sp³-hybridized carbons (Fsp3) is 0.167. The lowest BCUT2D eigenvalue weighted by Crippen LogP contribution is -2.38. The number of thioether (sulfide) groups is 1. The second-order valence-electron chi connectivity index (χ2n) is 7.79. The average molecular weight is 509 g/mol. The predicted octanol–water partition coefficient (Wildman–Crippen LogP) is 5.18. The molecular weight excluding hydrogens is 488 g/mol. The fourth-order valence-electron chi connectivity index (χ4n) is 3.69. The van der Waals surface area contributed by atoms with Crippen molar-refractivity contribution < 1.29 is 14.0 Å². The molecule has 4 aromatic rings. The van der Waals surface area contributed by atoms with Crippen LogP contribution in [0.25, 0.3) is 22.6 Å². The Bertz CT molecular complexity index is 1420. The van der Waals surface area contributed by atoms with E-state index in [9.17, 15) is 9.59 Å². The molecule has 9 nitrogen and oxygen atoms in total. The number of rotatable bonds is 6. The van der Waals surface area contributed by atoms with Crippen LogP contribution in [-0.2, 0) is 7.05 Å². The summed E-state index contributed by atoms with van der Waals surface area (Å²) in [6.45, 7) is 0.492. The lowest BCUT2D eigenvalue weighted by atomic mass is 10.1. The first kappa shape index (κ1) is 23.0. The number of carbonyl (C=O) groups excluding carboxylic acids is 2. The Kier molecular flexibility index (Phi) is 6.47. The Morgan fingerprint density at radius 3 is 2.80 bits per heavy atom. The molecule has 3 amide bonds. The summed E-state index contributed by atoms with van der Waals surface area (Å²) in [7, 11) is 1.94. The van der Waals surface area contributed by atoms with Crippen molar-refractivity contribution in [2.45, 2.75) is 0 Å². The lowest BCUT2D eigenvalue weighted by Gasteiger charge is -2.23. The number of furan rings is 1. The van der Waals surface area contributed by atoms with Crippen LogP contribution >= 0.6 is 23.4 Å². The number of benzene rings is 2. The number of nitrogens with one attached hydrogen (secondary N) is 2. The van der Waals surface area contributed by atoms with Crippen LogP contribution in [0.3, 0.4) is 0 Å². The van der Waals surface area contributed by atoms with Crippen LogP contribution in [0.1, 0.15) is 5.56 Å². The number of hydrogen-bond acceptors (Lipinski definition) is 6. The van der Waals surface area contributed by atoms with E-state index < -0.39 is 0 Å². The quantitative estimate of drug-likeness (QED) is 0.373. The minimum absolute atomic E-state index is 0.160. The number of carbonyl (C=O) groups is 2. The smallest absolute Gasteiger partial charge is 0.319 e. The van der Waals surface area contributed by atoms with Gasteiger partial charge in [0.05, 0.1) is 29.6 Å². The van der Waals surface area contributed by atoms with Crippen molar-refractivity contribution in [3.05, 3.63) is 71.4 Å². The third kappa shape index (κ3) is 5.03. The molecule has 0 bridgehead atoms. The molecule has 0 aliphatic carbocycles. The average Bonchev–Trinajstić information content (AvgIpc) is 3.50. The molecule has 0 atom stereocenters. The standard InChI is InChI=1S/C24H21ClN6O3S/c1-30-20-9-4-15(13-18(20)28-22(30)21-3-2-12-34-21)19-14-35-24(33)31(29-19)11-10-26-23(32)27-17-7-5-16(25)6-8-17/h2-9,12-13H,10-11,14H2,1H3,(H2,26,27,32). The molecule has 0 saturated carbocycles. The van der Waals surface area contributed by atoms with E-state index in [4.69, 9.17) is 21.0 Å². The fourth-order valence-corrected chi connectivity index (χ4v) is 4.58. The monoisotopic (exact) mass is 508 g/mol. The van der Waals surface area contributed by atoms with Gasteiger partial charge in [0, 0.05) is 35.6 Å². The first-order valence-electron chi connectivity index (χ1n) is 10.8. The highest BCUT2D eigenvalue weighted by molar-refractivity contribution is 8.14. The van der Waals surface area contributed by atoms with Gasteiger partial charge < -0.3 is 19.6 Å². The second-order valence-corrected chi connectivity index (χ2v) is 9.15. The maximum absolute atomic E-state index is 12.4. The van der Waals surface area contributed by atoms with Crippen molar-refractivity contribution in [3.8, 4) is 11.6 Å². The van der Waals surface area contributed by atoms with E-state index in [2.05, 4.69) is 15.7 Å². The minimum Gasteiger partial charge on any atom is -0.461 e. The van der Waals surface area contributed by atoms with Crippen LogP contribution in [0.5, 0.6) is 0 Å². The topological polar surface area (TPSA) is 105 Å². The third-order valence-electron chi connectivity index (χ3n) is 5.45. The van der Waals surface area contributed by atoms with Gasteiger partial charge in [-0.2, -0.15) is 5.10 Å². The van der Waals surface area contributed by atoms with E-state index in [1.165, 1.54) is 16.8 Å². The van der Waals surface area contributed by atoms with Crippen molar-refractivity contribution in [2.24, 2.45) is 12.1 Å². The van der Waals surface area contributed by atoms with Gasteiger partial charge in [-0.25, -0.2) is 14.8 Å². The number of halogens is 1. The number of imidazole rings is 1. The van der Waals surface area contributed by atoms with Gasteiger partial charge in [-0.3, -0.25) is 4.79 Å². The normalized spacial score (nSPS) is 13.7. The van der Waals surface area contributed by atoms with Gasteiger partial charge in [-0.15, -0.1) is 0 Å².